The van der Waals surface area contributed by atoms with Gasteiger partial charge in [-0.15, -0.1) is 0 Å². The average Bonchev–Trinajstić information content (AvgIpc) is 3.36. The molecule has 1 saturated carbocycles. The van der Waals surface area contributed by atoms with E-state index in [1.807, 2.05) is 48.5 Å². The first-order valence-electron chi connectivity index (χ1n) is 13.5. The van der Waals surface area contributed by atoms with Crippen molar-refractivity contribution in [2.24, 2.45) is 10.8 Å². The van der Waals surface area contributed by atoms with E-state index in [9.17, 15) is 5.11 Å². The maximum Gasteiger partial charge on any atom is 0.401 e. The van der Waals surface area contributed by atoms with Crippen molar-refractivity contribution in [2.75, 3.05) is 7.11 Å². The van der Waals surface area contributed by atoms with E-state index in [0.717, 1.165) is 29.2 Å². The summed E-state index contributed by atoms with van der Waals surface area (Å²) in [4.78, 5) is 0. The predicted octanol–water partition coefficient (Wildman–Crippen LogP) is 8.28. The van der Waals surface area contributed by atoms with Crippen molar-refractivity contribution < 1.29 is 19.3 Å². The van der Waals surface area contributed by atoms with E-state index in [0.29, 0.717) is 11.5 Å². The lowest BCUT2D eigenvalue weighted by Crippen LogP contribution is -2.43. The third-order valence-corrected chi connectivity index (χ3v) is 8.81. The molecule has 7 rings (SSSR count). The van der Waals surface area contributed by atoms with Crippen LogP contribution in [0.2, 0.25) is 0 Å². The molecule has 194 valence electrons. The molecule has 0 radical (unpaired) electrons. The molecule has 2 aliphatic carbocycles. The van der Waals surface area contributed by atoms with Gasteiger partial charge in [0.15, 0.2) is 11.5 Å². The van der Waals surface area contributed by atoms with E-state index in [4.69, 9.17) is 14.2 Å². The van der Waals surface area contributed by atoms with Gasteiger partial charge in [0, 0.05) is 17.9 Å². The van der Waals surface area contributed by atoms with Gasteiger partial charge in [0.2, 0.25) is 0 Å². The zero-order valence-electron chi connectivity index (χ0n) is 22.7. The Morgan fingerprint density at radius 1 is 0.711 bits per heavy atom. The molecule has 0 bridgehead atoms. The number of hydrogen-bond acceptors (Lipinski definition) is 4. The minimum atomic E-state index is -1.36. The topological polar surface area (TPSA) is 47.9 Å². The molecule has 0 aromatic heterocycles. The number of fused-ring (bicyclic) bond motifs is 8. The van der Waals surface area contributed by atoms with E-state index < -0.39 is 5.97 Å². The molecule has 1 aliphatic heterocycles. The van der Waals surface area contributed by atoms with Gasteiger partial charge in [-0.05, 0) is 88.1 Å². The van der Waals surface area contributed by atoms with Gasteiger partial charge in [0.25, 0.3) is 0 Å². The van der Waals surface area contributed by atoms with Gasteiger partial charge in [-0.3, -0.25) is 0 Å². The van der Waals surface area contributed by atoms with Gasteiger partial charge in [-0.1, -0.05) is 70.2 Å². The van der Waals surface area contributed by atoms with Crippen molar-refractivity contribution in [2.45, 2.75) is 58.3 Å². The summed E-state index contributed by atoms with van der Waals surface area (Å²) in [5, 5.41) is 13.2. The molecule has 4 aromatic carbocycles. The Morgan fingerprint density at radius 3 is 1.97 bits per heavy atom. The van der Waals surface area contributed by atoms with Crippen LogP contribution in [0.5, 0.6) is 17.2 Å². The molecule has 4 heteroatoms. The molecule has 1 atom stereocenters. The first kappa shape index (κ1) is 23.6. The van der Waals surface area contributed by atoms with E-state index in [1.165, 1.54) is 28.7 Å². The van der Waals surface area contributed by atoms with Crippen molar-refractivity contribution in [1.82, 2.24) is 0 Å². The molecule has 38 heavy (non-hydrogen) atoms. The maximum absolute atomic E-state index is 11.5. The largest absolute Gasteiger partial charge is 0.507 e. The monoisotopic (exact) mass is 506 g/mol. The fraction of sp³-hybridized carbons (Fsp3) is 0.353. The standard InChI is InChI=1S/C34H34O4/c1-31(2)18-32(3,4)20-33(19-31)25-14-10-9-13-22(25)30-24-16-29-28(15-23(24)27(35)17-26(30)33)37-34(36-5,38-29)21-11-7-6-8-12-21/h6-17,35H,18-20H2,1-5H3. The van der Waals surface area contributed by atoms with Crippen molar-refractivity contribution in [3.8, 4) is 28.4 Å². The molecule has 1 unspecified atom stereocenters. The maximum atomic E-state index is 11.5. The first-order chi connectivity index (χ1) is 18.1. The lowest BCUT2D eigenvalue weighted by atomic mass is 9.52. The Hall–Kier alpha value is -3.50. The van der Waals surface area contributed by atoms with Gasteiger partial charge in [0.1, 0.15) is 5.75 Å². The molecule has 0 amide bonds. The summed E-state index contributed by atoms with van der Waals surface area (Å²) in [6.07, 6.45) is 3.27. The van der Waals surface area contributed by atoms with Crippen LogP contribution in [0, 0.1) is 10.8 Å². The number of phenolic OH excluding ortho intramolecular Hbond substituents is 1. The number of ether oxygens (including phenoxy) is 3. The predicted molar refractivity (Wildman–Crippen MR) is 150 cm³/mol. The zero-order chi connectivity index (χ0) is 26.5. The van der Waals surface area contributed by atoms with Gasteiger partial charge >= 0.3 is 5.97 Å². The second-order valence-corrected chi connectivity index (χ2v) is 13.0. The molecule has 4 nitrogen and oxygen atoms in total. The van der Waals surface area contributed by atoms with Gasteiger partial charge in [-0.25, -0.2) is 0 Å². The Kier molecular flexibility index (Phi) is 4.68. The van der Waals surface area contributed by atoms with Gasteiger partial charge in [0.05, 0.1) is 5.56 Å². The molecule has 3 aliphatic rings. The van der Waals surface area contributed by atoms with Crippen LogP contribution in [-0.2, 0) is 16.1 Å². The highest BCUT2D eigenvalue weighted by Crippen LogP contribution is 2.65. The van der Waals surface area contributed by atoms with E-state index in [-0.39, 0.29) is 22.0 Å². The number of phenols is 1. The molecule has 1 spiro atoms. The van der Waals surface area contributed by atoms with Crippen molar-refractivity contribution in [1.29, 1.82) is 0 Å². The summed E-state index contributed by atoms with van der Waals surface area (Å²) in [6, 6.07) is 24.4. The van der Waals surface area contributed by atoms with Crippen LogP contribution < -0.4 is 9.47 Å². The quantitative estimate of drug-likeness (QED) is 0.297. The summed E-state index contributed by atoms with van der Waals surface area (Å²) in [6.45, 7) is 9.57. The van der Waals surface area contributed by atoms with Crippen LogP contribution in [-0.4, -0.2) is 12.2 Å². The van der Waals surface area contributed by atoms with Crippen LogP contribution in [0.3, 0.4) is 0 Å². The highest BCUT2D eigenvalue weighted by Gasteiger charge is 2.54. The first-order valence-corrected chi connectivity index (χ1v) is 13.5. The second kappa shape index (κ2) is 7.54. The van der Waals surface area contributed by atoms with Crippen molar-refractivity contribution in [3.63, 3.8) is 0 Å². The normalized spacial score (nSPS) is 23.4. The lowest BCUT2D eigenvalue weighted by molar-refractivity contribution is -0.279. The van der Waals surface area contributed by atoms with Crippen molar-refractivity contribution >= 4 is 10.8 Å². The van der Waals surface area contributed by atoms with Gasteiger partial charge in [-0.2, -0.15) is 0 Å². The fourth-order valence-corrected chi connectivity index (χ4v) is 8.27. The summed E-state index contributed by atoms with van der Waals surface area (Å²) < 4.78 is 18.5. The molecule has 4 aromatic rings. The Bertz CT molecular complexity index is 1580. The number of rotatable bonds is 2. The number of methoxy groups -OCH3 is 1. The molecular weight excluding hydrogens is 472 g/mol. The number of hydrogen-bond donors (Lipinski definition) is 1. The van der Waals surface area contributed by atoms with E-state index >= 15 is 0 Å². The minimum Gasteiger partial charge on any atom is -0.507 e. The summed E-state index contributed by atoms with van der Waals surface area (Å²) in [7, 11) is 1.58. The molecular formula is C34H34O4. The lowest BCUT2D eigenvalue weighted by Gasteiger charge is -2.51. The SMILES string of the molecule is COC1(c2ccccc2)Oc2cc3c(O)cc4c(c3cc2O1)-c1ccccc1C41CC(C)(C)CC(C)(C)C1. The third kappa shape index (κ3) is 3.19. The number of aromatic hydroxyl groups is 1. The fourth-order valence-electron chi connectivity index (χ4n) is 8.27. The Labute approximate surface area is 224 Å². The Balaban J connectivity index is 1.47. The van der Waals surface area contributed by atoms with Gasteiger partial charge < -0.3 is 19.3 Å². The second-order valence-electron chi connectivity index (χ2n) is 13.0. The van der Waals surface area contributed by atoms with Crippen LogP contribution in [0.4, 0.5) is 0 Å². The summed E-state index contributed by atoms with van der Waals surface area (Å²) in [5.74, 6) is 0.0716. The summed E-state index contributed by atoms with van der Waals surface area (Å²) >= 11 is 0. The van der Waals surface area contributed by atoms with Crippen LogP contribution in [0.1, 0.15) is 63.6 Å². The average molecular weight is 507 g/mol. The third-order valence-electron chi connectivity index (χ3n) is 8.81. The molecule has 0 saturated heterocycles. The molecule has 1 N–H and O–H groups in total. The highest BCUT2D eigenvalue weighted by molar-refractivity contribution is 6.06. The van der Waals surface area contributed by atoms with E-state index in [2.05, 4.69) is 52.0 Å². The zero-order valence-corrected chi connectivity index (χ0v) is 22.7. The summed E-state index contributed by atoms with van der Waals surface area (Å²) in [5.41, 5.74) is 6.00. The highest BCUT2D eigenvalue weighted by atomic mass is 16.9. The van der Waals surface area contributed by atoms with Crippen molar-refractivity contribution in [3.05, 3.63) is 89.5 Å². The van der Waals surface area contributed by atoms with E-state index in [1.54, 1.807) is 7.11 Å². The Morgan fingerprint density at radius 2 is 1.32 bits per heavy atom. The smallest absolute Gasteiger partial charge is 0.401 e. The molecule has 1 heterocycles. The van der Waals surface area contributed by atoms with Crippen LogP contribution >= 0.6 is 0 Å². The molecule has 1 fully saturated rings. The van der Waals surface area contributed by atoms with Crippen LogP contribution in [0.15, 0.2) is 72.8 Å². The minimum absolute atomic E-state index is 0.153. The number of benzene rings is 4. The van der Waals surface area contributed by atoms with Crippen LogP contribution in [0.25, 0.3) is 21.9 Å².